The van der Waals surface area contributed by atoms with Crippen LogP contribution in [0.2, 0.25) is 0 Å². The van der Waals surface area contributed by atoms with Gasteiger partial charge in [-0.15, -0.1) is 11.3 Å². The summed E-state index contributed by atoms with van der Waals surface area (Å²) < 4.78 is 23.5. The van der Waals surface area contributed by atoms with Gasteiger partial charge in [0.15, 0.2) is 5.78 Å². The monoisotopic (exact) mass is 623 g/mol. The second-order valence-electron chi connectivity index (χ2n) is 11.3. The zero-order valence-corrected chi connectivity index (χ0v) is 25.2. The molecule has 2 aliphatic heterocycles. The van der Waals surface area contributed by atoms with Crippen LogP contribution < -0.4 is 15.0 Å². The molecular weight excluding hydrogens is 590 g/mol. The highest BCUT2D eigenvalue weighted by atomic mass is 32.1. The van der Waals surface area contributed by atoms with Crippen LogP contribution in [-0.4, -0.2) is 73.2 Å². The number of hydrogen-bond donors (Lipinski definition) is 2. The van der Waals surface area contributed by atoms with Crippen LogP contribution >= 0.6 is 11.3 Å². The van der Waals surface area contributed by atoms with Gasteiger partial charge in [0.1, 0.15) is 35.1 Å². The standard InChI is InChI=1S/C31H33N3O9S/c1-17-24-26(37)31(13-18(14-31)27(38)33-15-23(35)36)30(39)34(29(24)44-25(17)28-32-9-12-42-28)16-22(43-19-7-10-41-11-8-19)20-5-3-4-6-21(20)40-2/h3-6,9,12,18-19,22H,7-8,10-11,13-16H2,1-2H3,(H,33,38)(H,35,36)/t18-,22-,31+/m0/s1. The Hall–Kier alpha value is -4.07. The van der Waals surface area contributed by atoms with E-state index < -0.39 is 41.8 Å². The first-order valence-corrected chi connectivity index (χ1v) is 15.3. The van der Waals surface area contributed by atoms with Crippen molar-refractivity contribution < 1.29 is 42.9 Å². The molecule has 1 saturated heterocycles. The van der Waals surface area contributed by atoms with Crippen LogP contribution in [0.4, 0.5) is 5.00 Å². The number of methoxy groups -OCH3 is 1. The third kappa shape index (κ3) is 5.29. The summed E-state index contributed by atoms with van der Waals surface area (Å²) in [5, 5.41) is 11.8. The molecule has 2 fully saturated rings. The van der Waals surface area contributed by atoms with E-state index in [0.717, 1.165) is 5.56 Å². The van der Waals surface area contributed by atoms with Crippen molar-refractivity contribution in [3.8, 4) is 16.5 Å². The van der Waals surface area contributed by atoms with Crippen LogP contribution in [-0.2, 0) is 23.9 Å². The third-order valence-corrected chi connectivity index (χ3v) is 9.95. The van der Waals surface area contributed by atoms with Crippen molar-refractivity contribution in [2.75, 3.05) is 38.3 Å². The SMILES string of the molecule is COc1ccccc1[C@H](CN1c2sc(-c3ncco3)c(C)c2C(=O)[C@]2(C[C@H](C(=O)NCC(=O)O)C2)C1=O)OC1CCOCC1. The number of rotatable bonds is 10. The Bertz CT molecular complexity index is 1570. The second-order valence-corrected chi connectivity index (χ2v) is 12.3. The summed E-state index contributed by atoms with van der Waals surface area (Å²) in [7, 11) is 1.58. The summed E-state index contributed by atoms with van der Waals surface area (Å²) in [4.78, 5) is 58.9. The molecule has 232 valence electrons. The van der Waals surface area contributed by atoms with Crippen LogP contribution in [0.3, 0.4) is 0 Å². The number of thiophene rings is 1. The minimum absolute atomic E-state index is 0.0180. The maximum absolute atomic E-state index is 14.5. The van der Waals surface area contributed by atoms with E-state index in [1.165, 1.54) is 23.8 Å². The van der Waals surface area contributed by atoms with Crippen molar-refractivity contribution in [1.82, 2.24) is 10.3 Å². The van der Waals surface area contributed by atoms with Gasteiger partial charge in [-0.3, -0.25) is 24.1 Å². The lowest BCUT2D eigenvalue weighted by Crippen LogP contribution is -2.61. The molecule has 1 spiro atoms. The Morgan fingerprint density at radius 3 is 2.66 bits per heavy atom. The lowest BCUT2D eigenvalue weighted by molar-refractivity contribution is -0.143. The van der Waals surface area contributed by atoms with Gasteiger partial charge in [0.2, 0.25) is 17.7 Å². The lowest BCUT2D eigenvalue weighted by Gasteiger charge is -2.49. The molecule has 3 aromatic rings. The van der Waals surface area contributed by atoms with Crippen LogP contribution in [0.25, 0.3) is 10.8 Å². The van der Waals surface area contributed by atoms with Gasteiger partial charge in [0, 0.05) is 24.7 Å². The number of nitrogens with one attached hydrogen (secondary N) is 1. The van der Waals surface area contributed by atoms with Gasteiger partial charge in [-0.05, 0) is 44.2 Å². The minimum Gasteiger partial charge on any atom is -0.496 e. The van der Waals surface area contributed by atoms with Gasteiger partial charge in [-0.25, -0.2) is 4.98 Å². The predicted octanol–water partition coefficient (Wildman–Crippen LogP) is 3.78. The molecule has 0 radical (unpaired) electrons. The number of nitrogens with zero attached hydrogens (tertiary/aromatic N) is 2. The van der Waals surface area contributed by atoms with Crippen LogP contribution in [0.1, 0.15) is 53.3 Å². The number of fused-ring (bicyclic) bond motifs is 1. The van der Waals surface area contributed by atoms with E-state index >= 15 is 0 Å². The van der Waals surface area contributed by atoms with Crippen molar-refractivity contribution in [2.24, 2.45) is 11.3 Å². The molecule has 2 aromatic heterocycles. The number of carboxylic acid groups (broad SMARTS) is 1. The number of carboxylic acids is 1. The minimum atomic E-state index is -1.46. The molecule has 1 aliphatic carbocycles. The molecule has 2 N–H and O–H groups in total. The van der Waals surface area contributed by atoms with Crippen molar-refractivity contribution in [3.63, 3.8) is 0 Å². The molecule has 0 unspecified atom stereocenters. The number of aliphatic carboxylic acids is 1. The van der Waals surface area contributed by atoms with Gasteiger partial charge in [0.25, 0.3) is 0 Å². The van der Waals surface area contributed by atoms with Gasteiger partial charge in [0.05, 0.1) is 36.4 Å². The molecule has 4 heterocycles. The van der Waals surface area contributed by atoms with Crippen molar-refractivity contribution in [3.05, 3.63) is 53.4 Å². The maximum atomic E-state index is 14.5. The van der Waals surface area contributed by atoms with E-state index in [2.05, 4.69) is 10.3 Å². The Labute approximate surface area is 257 Å². The average Bonchev–Trinajstić information content (AvgIpc) is 3.65. The fourth-order valence-corrected chi connectivity index (χ4v) is 7.59. The quantitative estimate of drug-likeness (QED) is 0.319. The number of oxazole rings is 1. The van der Waals surface area contributed by atoms with Crippen LogP contribution in [0.15, 0.2) is 41.1 Å². The summed E-state index contributed by atoms with van der Waals surface area (Å²) in [6.07, 6.45) is 3.63. The molecule has 3 aliphatic rings. The molecule has 12 nitrogen and oxygen atoms in total. The number of anilines is 1. The number of para-hydroxylation sites is 1. The van der Waals surface area contributed by atoms with E-state index in [0.29, 0.717) is 58.7 Å². The zero-order valence-electron chi connectivity index (χ0n) is 24.4. The Morgan fingerprint density at radius 1 is 1.23 bits per heavy atom. The highest BCUT2D eigenvalue weighted by Crippen LogP contribution is 2.57. The molecule has 1 aromatic carbocycles. The molecular formula is C31H33N3O9S. The first kappa shape index (κ1) is 30.0. The van der Waals surface area contributed by atoms with Gasteiger partial charge >= 0.3 is 5.97 Å². The number of carbonyl (C=O) groups excluding carboxylic acids is 3. The Morgan fingerprint density at radius 2 is 1.98 bits per heavy atom. The van der Waals surface area contributed by atoms with Crippen molar-refractivity contribution in [2.45, 2.75) is 44.8 Å². The average molecular weight is 624 g/mol. The predicted molar refractivity (Wildman–Crippen MR) is 158 cm³/mol. The van der Waals surface area contributed by atoms with E-state index in [4.69, 9.17) is 23.7 Å². The van der Waals surface area contributed by atoms with E-state index in [-0.39, 0.29) is 31.3 Å². The Balaban J connectivity index is 1.40. The maximum Gasteiger partial charge on any atom is 0.322 e. The summed E-state index contributed by atoms with van der Waals surface area (Å²) in [6.45, 7) is 2.51. The molecule has 6 rings (SSSR count). The topological polar surface area (TPSA) is 158 Å². The summed E-state index contributed by atoms with van der Waals surface area (Å²) in [6, 6.07) is 7.49. The fraction of sp³-hybridized carbons (Fsp3) is 0.452. The molecule has 1 atom stereocenters. The third-order valence-electron chi connectivity index (χ3n) is 8.65. The summed E-state index contributed by atoms with van der Waals surface area (Å²) >= 11 is 1.26. The van der Waals surface area contributed by atoms with E-state index in [9.17, 15) is 19.2 Å². The fourth-order valence-electron chi connectivity index (χ4n) is 6.34. The lowest BCUT2D eigenvalue weighted by atomic mass is 9.56. The highest BCUT2D eigenvalue weighted by Gasteiger charge is 2.63. The number of ketones is 1. The molecule has 1 saturated carbocycles. The molecule has 0 bridgehead atoms. The number of amides is 2. The smallest absolute Gasteiger partial charge is 0.322 e. The largest absolute Gasteiger partial charge is 0.496 e. The van der Waals surface area contributed by atoms with Gasteiger partial charge < -0.3 is 29.1 Å². The number of carbonyl (C=O) groups is 4. The van der Waals surface area contributed by atoms with E-state index in [1.54, 1.807) is 18.9 Å². The van der Waals surface area contributed by atoms with E-state index in [1.807, 2.05) is 24.3 Å². The number of aromatic nitrogens is 1. The zero-order chi connectivity index (χ0) is 31.0. The van der Waals surface area contributed by atoms with Crippen LogP contribution in [0, 0.1) is 18.3 Å². The number of benzene rings is 1. The second kappa shape index (κ2) is 12.1. The highest BCUT2D eigenvalue weighted by molar-refractivity contribution is 7.20. The number of Topliss-reactive ketones (excluding diaryl/α,β-unsaturated/α-hetero) is 1. The first-order chi connectivity index (χ1) is 21.2. The van der Waals surface area contributed by atoms with Crippen LogP contribution in [0.5, 0.6) is 5.75 Å². The first-order valence-electron chi connectivity index (χ1n) is 14.5. The number of ether oxygens (including phenoxy) is 3. The normalized spacial score (nSPS) is 22.4. The van der Waals surface area contributed by atoms with Crippen molar-refractivity contribution in [1.29, 1.82) is 0 Å². The molecule has 44 heavy (non-hydrogen) atoms. The summed E-state index contributed by atoms with van der Waals surface area (Å²) in [5.41, 5.74) is 0.355. The molecule has 2 amide bonds. The summed E-state index contributed by atoms with van der Waals surface area (Å²) in [5.74, 6) is -2.13. The number of hydrogen-bond acceptors (Lipinski definition) is 10. The van der Waals surface area contributed by atoms with Gasteiger partial charge in [-0.2, -0.15) is 0 Å². The Kier molecular flexibility index (Phi) is 8.27. The molecule has 13 heteroatoms. The van der Waals surface area contributed by atoms with Gasteiger partial charge in [-0.1, -0.05) is 18.2 Å². The van der Waals surface area contributed by atoms with Crippen molar-refractivity contribution >= 4 is 39.9 Å².